The molecule has 4 heteroatoms. The topological polar surface area (TPSA) is 24.4 Å². The van der Waals surface area contributed by atoms with Gasteiger partial charge in [-0.05, 0) is 30.4 Å². The zero-order valence-corrected chi connectivity index (χ0v) is 15.3. The van der Waals surface area contributed by atoms with E-state index in [-0.39, 0.29) is 24.0 Å². The zero-order chi connectivity index (χ0) is 13.9. The van der Waals surface area contributed by atoms with E-state index in [4.69, 9.17) is 4.99 Å². The number of rotatable bonds is 1. The maximum Gasteiger partial charge on any atom is 0.160 e. The van der Waals surface area contributed by atoms with Crippen LogP contribution in [0.2, 0.25) is 0 Å². The number of para-hydroxylation sites is 1. The number of aryl methyl sites for hydroxylation is 1. The Kier molecular flexibility index (Phi) is 5.70. The van der Waals surface area contributed by atoms with Gasteiger partial charge in [0.05, 0.1) is 6.54 Å². The minimum atomic E-state index is 0. The van der Waals surface area contributed by atoms with E-state index < -0.39 is 0 Å². The molecule has 0 spiro atoms. The van der Waals surface area contributed by atoms with Gasteiger partial charge >= 0.3 is 0 Å². The van der Waals surface area contributed by atoms with Crippen LogP contribution in [0.5, 0.6) is 0 Å². The van der Waals surface area contributed by atoms with Crippen molar-refractivity contribution in [3.63, 3.8) is 0 Å². The summed E-state index contributed by atoms with van der Waals surface area (Å²) in [6.45, 7) is 2.92. The van der Waals surface area contributed by atoms with Crippen LogP contribution in [0.4, 0.5) is 5.69 Å². The van der Waals surface area contributed by atoms with Gasteiger partial charge in [-0.2, -0.15) is 0 Å². The molecule has 1 unspecified atom stereocenters. The van der Waals surface area contributed by atoms with E-state index in [9.17, 15) is 0 Å². The number of nitrogens with zero attached hydrogens (tertiary/aromatic N) is 1. The maximum atomic E-state index is 4.71. The van der Waals surface area contributed by atoms with Crippen LogP contribution in [0.1, 0.15) is 22.6 Å². The monoisotopic (exact) mass is 410 g/mol. The Bertz CT molecular complexity index is 637. The molecule has 110 valence electrons. The second-order valence-electron chi connectivity index (χ2n) is 5.03. The number of anilines is 1. The summed E-state index contributed by atoms with van der Waals surface area (Å²) in [5, 5.41) is 4.43. The fraction of sp³-hybridized carbons (Fsp3) is 0.235. The maximum absolute atomic E-state index is 4.71. The van der Waals surface area contributed by atoms with Gasteiger partial charge in [-0.3, -0.25) is 4.99 Å². The number of hydrogen-bond acceptors (Lipinski definition) is 3. The molecule has 2 aromatic carbocycles. The van der Waals surface area contributed by atoms with Crippen molar-refractivity contribution in [1.29, 1.82) is 0 Å². The van der Waals surface area contributed by atoms with E-state index in [0.29, 0.717) is 5.92 Å². The molecule has 0 saturated heterocycles. The first-order valence-corrected chi connectivity index (χ1v) is 8.01. The summed E-state index contributed by atoms with van der Waals surface area (Å²) in [5.41, 5.74) is 5.12. The predicted molar refractivity (Wildman–Crippen MR) is 104 cm³/mol. The van der Waals surface area contributed by atoms with Crippen molar-refractivity contribution >= 4 is 46.6 Å². The highest BCUT2D eigenvalue weighted by Crippen LogP contribution is 2.33. The molecular weight excluding hydrogens is 391 g/mol. The van der Waals surface area contributed by atoms with Crippen LogP contribution in [-0.4, -0.2) is 18.0 Å². The Labute approximate surface area is 147 Å². The lowest BCUT2D eigenvalue weighted by atomic mass is 9.90. The molecule has 0 aliphatic carbocycles. The number of nitrogens with one attached hydrogen (secondary N) is 1. The van der Waals surface area contributed by atoms with Crippen LogP contribution in [0.3, 0.4) is 0 Å². The van der Waals surface area contributed by atoms with E-state index in [0.717, 1.165) is 11.7 Å². The van der Waals surface area contributed by atoms with Crippen LogP contribution in [0.25, 0.3) is 0 Å². The number of amidine groups is 1. The predicted octanol–water partition coefficient (Wildman–Crippen LogP) is 4.89. The largest absolute Gasteiger partial charge is 0.335 e. The van der Waals surface area contributed by atoms with Gasteiger partial charge in [-0.15, -0.1) is 24.0 Å². The Morgan fingerprint density at radius 3 is 2.52 bits per heavy atom. The molecule has 1 atom stereocenters. The molecule has 1 N–H and O–H groups in total. The number of aliphatic imine (C=N–C) groups is 1. The summed E-state index contributed by atoms with van der Waals surface area (Å²) in [6.07, 6.45) is 2.06. The van der Waals surface area contributed by atoms with Gasteiger partial charge in [-0.25, -0.2) is 0 Å². The lowest BCUT2D eigenvalue weighted by molar-refractivity contribution is 0.830. The molecule has 21 heavy (non-hydrogen) atoms. The summed E-state index contributed by atoms with van der Waals surface area (Å²) >= 11 is 1.66. The van der Waals surface area contributed by atoms with Crippen LogP contribution < -0.4 is 5.32 Å². The molecule has 1 aliphatic heterocycles. The summed E-state index contributed by atoms with van der Waals surface area (Å²) in [5.74, 6) is 0.323. The summed E-state index contributed by atoms with van der Waals surface area (Å²) in [6, 6.07) is 17.3. The van der Waals surface area contributed by atoms with Crippen molar-refractivity contribution in [1.82, 2.24) is 0 Å². The van der Waals surface area contributed by atoms with Crippen molar-refractivity contribution in [3.05, 3.63) is 65.2 Å². The summed E-state index contributed by atoms with van der Waals surface area (Å²) in [4.78, 5) is 4.71. The first-order valence-electron chi connectivity index (χ1n) is 6.79. The lowest BCUT2D eigenvalue weighted by Gasteiger charge is -2.17. The first kappa shape index (κ1) is 16.4. The Hall–Kier alpha value is -1.01. The molecule has 3 rings (SSSR count). The van der Waals surface area contributed by atoms with Crippen molar-refractivity contribution in [2.24, 2.45) is 4.99 Å². The molecule has 0 amide bonds. The Morgan fingerprint density at radius 2 is 1.81 bits per heavy atom. The molecule has 0 radical (unpaired) electrons. The molecule has 0 aromatic heterocycles. The van der Waals surface area contributed by atoms with Crippen molar-refractivity contribution in [2.75, 3.05) is 18.1 Å². The van der Waals surface area contributed by atoms with E-state index in [2.05, 4.69) is 67.0 Å². The highest BCUT2D eigenvalue weighted by molar-refractivity contribution is 14.0. The van der Waals surface area contributed by atoms with Crippen LogP contribution in [-0.2, 0) is 0 Å². The van der Waals surface area contributed by atoms with Crippen molar-refractivity contribution in [2.45, 2.75) is 12.8 Å². The van der Waals surface area contributed by atoms with Gasteiger partial charge in [-0.1, -0.05) is 59.8 Å². The van der Waals surface area contributed by atoms with Crippen LogP contribution in [0.15, 0.2) is 53.5 Å². The summed E-state index contributed by atoms with van der Waals surface area (Å²) in [7, 11) is 0. The van der Waals surface area contributed by atoms with E-state index in [1.54, 1.807) is 11.8 Å². The number of fused-ring (bicyclic) bond motifs is 1. The third-order valence-electron chi connectivity index (χ3n) is 3.67. The van der Waals surface area contributed by atoms with Gasteiger partial charge in [0.15, 0.2) is 5.17 Å². The SMILES string of the molecule is CSC1=NCC(c2ccc(C)cc2)c2ccccc2N1.I. The molecule has 0 bridgehead atoms. The van der Waals surface area contributed by atoms with E-state index >= 15 is 0 Å². The van der Waals surface area contributed by atoms with Crippen LogP contribution >= 0.6 is 35.7 Å². The highest BCUT2D eigenvalue weighted by atomic mass is 127. The van der Waals surface area contributed by atoms with Crippen molar-refractivity contribution < 1.29 is 0 Å². The molecule has 1 aliphatic rings. The minimum Gasteiger partial charge on any atom is -0.335 e. The van der Waals surface area contributed by atoms with Gasteiger partial charge in [0.1, 0.15) is 0 Å². The number of halogens is 1. The van der Waals surface area contributed by atoms with E-state index in [1.807, 2.05) is 0 Å². The molecule has 1 heterocycles. The second-order valence-corrected chi connectivity index (χ2v) is 5.82. The van der Waals surface area contributed by atoms with Gasteiger partial charge in [0.2, 0.25) is 0 Å². The average molecular weight is 410 g/mol. The van der Waals surface area contributed by atoms with Crippen molar-refractivity contribution in [3.8, 4) is 0 Å². The molecular formula is C17H19IN2S. The third kappa shape index (κ3) is 3.61. The average Bonchev–Trinajstić information content (AvgIpc) is 2.67. The van der Waals surface area contributed by atoms with Gasteiger partial charge in [0.25, 0.3) is 0 Å². The number of benzene rings is 2. The second kappa shape index (κ2) is 7.31. The minimum absolute atomic E-state index is 0. The zero-order valence-electron chi connectivity index (χ0n) is 12.2. The molecule has 0 saturated carbocycles. The van der Waals surface area contributed by atoms with Gasteiger partial charge in [0, 0.05) is 11.6 Å². The quantitative estimate of drug-likeness (QED) is 0.678. The third-order valence-corrected chi connectivity index (χ3v) is 4.29. The fourth-order valence-electron chi connectivity index (χ4n) is 2.54. The normalized spacial score (nSPS) is 16.9. The van der Waals surface area contributed by atoms with E-state index in [1.165, 1.54) is 22.4 Å². The van der Waals surface area contributed by atoms with Gasteiger partial charge < -0.3 is 5.32 Å². The first-order chi connectivity index (χ1) is 9.78. The molecule has 2 nitrogen and oxygen atoms in total. The number of thioether (sulfide) groups is 1. The standard InChI is InChI=1S/C17H18N2S.HI/c1-12-7-9-13(10-8-12)15-11-18-17(20-2)19-16-6-4-3-5-14(15)16;/h3-10,15H,11H2,1-2H3,(H,18,19);1H. The Balaban J connectivity index is 0.00000161. The smallest absolute Gasteiger partial charge is 0.160 e. The molecule has 0 fully saturated rings. The molecule has 2 aromatic rings. The Morgan fingerprint density at radius 1 is 1.10 bits per heavy atom. The fourth-order valence-corrected chi connectivity index (χ4v) is 2.96. The lowest BCUT2D eigenvalue weighted by Crippen LogP contribution is -2.06. The highest BCUT2D eigenvalue weighted by Gasteiger charge is 2.20. The van der Waals surface area contributed by atoms with Crippen LogP contribution in [0, 0.1) is 6.92 Å². The summed E-state index contributed by atoms with van der Waals surface area (Å²) < 4.78 is 0. The number of hydrogen-bond donors (Lipinski definition) is 1.